The summed E-state index contributed by atoms with van der Waals surface area (Å²) in [4.78, 5) is 33.9. The van der Waals surface area contributed by atoms with Gasteiger partial charge in [-0.3, -0.25) is 14.6 Å². The van der Waals surface area contributed by atoms with Crippen LogP contribution < -0.4 is 5.32 Å². The van der Waals surface area contributed by atoms with Crippen LogP contribution in [0.15, 0.2) is 36.9 Å². The number of carbonyl (C=O) groups excluding carboxylic acids is 2. The van der Waals surface area contributed by atoms with E-state index in [9.17, 15) is 9.59 Å². The van der Waals surface area contributed by atoms with E-state index in [0.29, 0.717) is 22.5 Å². The lowest BCUT2D eigenvalue weighted by atomic mass is 9.89. The molecule has 0 aromatic carbocycles. The maximum atomic E-state index is 12.9. The molecule has 0 atom stereocenters. The van der Waals surface area contributed by atoms with Gasteiger partial charge < -0.3 is 9.88 Å². The minimum atomic E-state index is -0.805. The second-order valence-corrected chi connectivity index (χ2v) is 8.15. The van der Waals surface area contributed by atoms with E-state index in [2.05, 4.69) is 15.3 Å². The number of nitrogens with zero attached hydrogens (tertiary/aromatic N) is 3. The van der Waals surface area contributed by atoms with Gasteiger partial charge in [-0.2, -0.15) is 0 Å². The summed E-state index contributed by atoms with van der Waals surface area (Å²) in [5.41, 5.74) is 1.21. The van der Waals surface area contributed by atoms with Crippen molar-refractivity contribution in [2.24, 2.45) is 5.92 Å². The predicted octanol–water partition coefficient (Wildman–Crippen LogP) is 5.14. The van der Waals surface area contributed by atoms with Crippen molar-refractivity contribution in [1.82, 2.24) is 14.5 Å². The number of amides is 1. The van der Waals surface area contributed by atoms with Crippen molar-refractivity contribution in [3.8, 4) is 0 Å². The van der Waals surface area contributed by atoms with Gasteiger partial charge in [0.25, 0.3) is 11.7 Å². The van der Waals surface area contributed by atoms with Crippen molar-refractivity contribution in [1.29, 1.82) is 0 Å². The largest absolute Gasteiger partial charge is 0.331 e. The first-order valence-corrected chi connectivity index (χ1v) is 10.4. The minimum Gasteiger partial charge on any atom is -0.331 e. The molecule has 6 nitrogen and oxygen atoms in total. The molecule has 1 saturated carbocycles. The molecule has 0 spiro atoms. The summed E-state index contributed by atoms with van der Waals surface area (Å²) < 4.78 is 2.00. The molecule has 0 bridgehead atoms. The number of fused-ring (bicyclic) bond motifs is 1. The van der Waals surface area contributed by atoms with Gasteiger partial charge in [-0.25, -0.2) is 4.98 Å². The van der Waals surface area contributed by atoms with Crippen molar-refractivity contribution in [2.45, 2.75) is 38.6 Å². The quantitative estimate of drug-likeness (QED) is 0.448. The lowest BCUT2D eigenvalue weighted by Gasteiger charge is -2.22. The highest BCUT2D eigenvalue weighted by atomic mass is 35.5. The van der Waals surface area contributed by atoms with Gasteiger partial charge in [0.1, 0.15) is 5.65 Å². The number of anilines is 1. The predicted molar refractivity (Wildman–Crippen MR) is 114 cm³/mol. The monoisotopic (exact) mass is 430 g/mol. The Morgan fingerprint density at radius 3 is 2.59 bits per heavy atom. The molecule has 1 aliphatic carbocycles. The Kier molecular flexibility index (Phi) is 5.83. The summed E-state index contributed by atoms with van der Waals surface area (Å²) in [6.45, 7) is 0.796. The van der Waals surface area contributed by atoms with Crippen molar-refractivity contribution in [2.75, 3.05) is 5.32 Å². The van der Waals surface area contributed by atoms with E-state index >= 15 is 0 Å². The first-order chi connectivity index (χ1) is 14.0. The van der Waals surface area contributed by atoms with E-state index < -0.39 is 11.7 Å². The second-order valence-electron chi connectivity index (χ2n) is 7.34. The maximum Gasteiger partial charge on any atom is 0.296 e. The number of pyridine rings is 2. The van der Waals surface area contributed by atoms with Gasteiger partial charge in [0, 0.05) is 36.7 Å². The Morgan fingerprint density at radius 2 is 1.86 bits per heavy atom. The molecule has 3 heterocycles. The summed E-state index contributed by atoms with van der Waals surface area (Å²) in [7, 11) is 0. The molecular weight excluding hydrogens is 411 g/mol. The molecule has 0 aliphatic heterocycles. The van der Waals surface area contributed by atoms with E-state index in [4.69, 9.17) is 23.2 Å². The van der Waals surface area contributed by atoms with Crippen molar-refractivity contribution < 1.29 is 9.59 Å². The SMILES string of the molecule is O=C(Nc1c(Cl)cncc1Cl)C(=O)c1cn(CC2CCCCC2)c2ncccc12. The van der Waals surface area contributed by atoms with Crippen LogP contribution in [0.1, 0.15) is 42.5 Å². The number of rotatable bonds is 5. The fourth-order valence-electron chi connectivity index (χ4n) is 3.91. The average molecular weight is 431 g/mol. The van der Waals surface area contributed by atoms with Gasteiger partial charge in [-0.1, -0.05) is 42.5 Å². The molecule has 1 amide bonds. The van der Waals surface area contributed by atoms with Crippen molar-refractivity contribution in [3.63, 3.8) is 0 Å². The number of nitrogens with one attached hydrogen (secondary N) is 1. The second kappa shape index (κ2) is 8.51. The first-order valence-electron chi connectivity index (χ1n) is 9.63. The molecule has 0 saturated heterocycles. The maximum absolute atomic E-state index is 12.9. The van der Waals surface area contributed by atoms with Crippen LogP contribution in [-0.2, 0) is 11.3 Å². The Hall–Kier alpha value is -2.44. The van der Waals surface area contributed by atoms with Crippen LogP contribution >= 0.6 is 23.2 Å². The molecule has 0 unspecified atom stereocenters. The van der Waals surface area contributed by atoms with Gasteiger partial charge in [0.2, 0.25) is 0 Å². The summed E-state index contributed by atoms with van der Waals surface area (Å²) in [6.07, 6.45) is 12.3. The number of Topliss-reactive ketones (excluding diaryl/α,β-unsaturated/α-hetero) is 1. The van der Waals surface area contributed by atoms with E-state index in [1.54, 1.807) is 18.5 Å². The Bertz CT molecular complexity index is 1050. The van der Waals surface area contributed by atoms with Crippen LogP contribution in [0.4, 0.5) is 5.69 Å². The van der Waals surface area contributed by atoms with E-state index in [1.165, 1.54) is 44.5 Å². The number of aromatic nitrogens is 3. The summed E-state index contributed by atoms with van der Waals surface area (Å²) in [5, 5.41) is 3.51. The van der Waals surface area contributed by atoms with Crippen LogP contribution in [0, 0.1) is 5.92 Å². The molecule has 4 rings (SSSR count). The molecule has 3 aromatic rings. The summed E-state index contributed by atoms with van der Waals surface area (Å²) in [6, 6.07) is 3.57. The summed E-state index contributed by atoms with van der Waals surface area (Å²) >= 11 is 12.1. The molecular formula is C21H20Cl2N4O2. The van der Waals surface area contributed by atoms with E-state index in [1.807, 2.05) is 10.6 Å². The molecule has 1 N–H and O–H groups in total. The molecule has 8 heteroatoms. The lowest BCUT2D eigenvalue weighted by molar-refractivity contribution is -0.112. The lowest BCUT2D eigenvalue weighted by Crippen LogP contribution is -2.23. The molecule has 1 aliphatic rings. The molecule has 29 heavy (non-hydrogen) atoms. The molecule has 3 aromatic heterocycles. The van der Waals surface area contributed by atoms with Crippen LogP contribution in [0.5, 0.6) is 0 Å². The van der Waals surface area contributed by atoms with Gasteiger partial charge in [-0.15, -0.1) is 0 Å². The third kappa shape index (κ3) is 4.14. The number of halogens is 2. The standard InChI is InChI=1S/C21H20Cl2N4O2/c22-16-9-24-10-17(23)18(16)26-21(29)19(28)15-12-27(11-13-5-2-1-3-6-13)20-14(15)7-4-8-25-20/h4,7-10,12-13H,1-3,5-6,11H2,(H,24,26,29). The van der Waals surface area contributed by atoms with Crippen molar-refractivity contribution >= 4 is 51.6 Å². The topological polar surface area (TPSA) is 76.9 Å². The molecule has 1 fully saturated rings. The smallest absolute Gasteiger partial charge is 0.296 e. The number of hydrogen-bond donors (Lipinski definition) is 1. The first kappa shape index (κ1) is 19.9. The highest BCUT2D eigenvalue weighted by Crippen LogP contribution is 2.30. The van der Waals surface area contributed by atoms with Crippen LogP contribution in [0.3, 0.4) is 0 Å². The number of hydrogen-bond acceptors (Lipinski definition) is 4. The Labute approximate surface area is 178 Å². The highest BCUT2D eigenvalue weighted by molar-refractivity contribution is 6.50. The van der Waals surface area contributed by atoms with E-state index in [0.717, 1.165) is 6.54 Å². The van der Waals surface area contributed by atoms with Crippen LogP contribution in [0.2, 0.25) is 10.0 Å². The van der Waals surface area contributed by atoms with Gasteiger partial charge >= 0.3 is 0 Å². The van der Waals surface area contributed by atoms with Crippen LogP contribution in [-0.4, -0.2) is 26.2 Å². The van der Waals surface area contributed by atoms with Gasteiger partial charge in [0.15, 0.2) is 0 Å². The average Bonchev–Trinajstić information content (AvgIpc) is 3.09. The third-order valence-electron chi connectivity index (χ3n) is 5.36. The number of carbonyl (C=O) groups is 2. The molecule has 150 valence electrons. The fourth-order valence-corrected chi connectivity index (χ4v) is 4.37. The molecule has 0 radical (unpaired) electrons. The number of ketones is 1. The van der Waals surface area contributed by atoms with E-state index in [-0.39, 0.29) is 15.7 Å². The van der Waals surface area contributed by atoms with Gasteiger partial charge in [-0.05, 0) is 30.9 Å². The zero-order valence-electron chi connectivity index (χ0n) is 15.7. The fraction of sp³-hybridized carbons (Fsp3) is 0.333. The Morgan fingerprint density at radius 1 is 1.14 bits per heavy atom. The van der Waals surface area contributed by atoms with Crippen LogP contribution in [0.25, 0.3) is 11.0 Å². The van der Waals surface area contributed by atoms with Gasteiger partial charge in [0.05, 0.1) is 21.3 Å². The Balaban J connectivity index is 1.62. The zero-order chi connectivity index (χ0) is 20.4. The van der Waals surface area contributed by atoms with Crippen molar-refractivity contribution in [3.05, 3.63) is 52.5 Å². The third-order valence-corrected chi connectivity index (χ3v) is 5.93. The normalized spacial score (nSPS) is 14.8. The summed E-state index contributed by atoms with van der Waals surface area (Å²) in [5.74, 6) is -0.900. The minimum absolute atomic E-state index is 0.167. The zero-order valence-corrected chi connectivity index (χ0v) is 17.2. The highest BCUT2D eigenvalue weighted by Gasteiger charge is 2.25.